The molecule has 0 saturated heterocycles. The molecule has 0 aromatic heterocycles. The van der Waals surface area contributed by atoms with Crippen molar-refractivity contribution in [2.24, 2.45) is 0 Å². The lowest BCUT2D eigenvalue weighted by molar-refractivity contribution is 0.579. The SMILES string of the molecule is CCCCCNCCC(c1ccccc1)c1ccccc1.O. The molecule has 0 bridgehead atoms. The van der Waals surface area contributed by atoms with Crippen molar-refractivity contribution in [1.29, 1.82) is 0 Å². The predicted octanol–water partition coefficient (Wildman–Crippen LogP) is 4.16. The fourth-order valence-electron chi connectivity index (χ4n) is 2.77. The predicted molar refractivity (Wildman–Crippen MR) is 95.4 cm³/mol. The Bertz CT molecular complexity index is 444. The summed E-state index contributed by atoms with van der Waals surface area (Å²) in [5.74, 6) is 0.492. The van der Waals surface area contributed by atoms with E-state index in [1.54, 1.807) is 0 Å². The molecule has 2 aromatic carbocycles. The average molecular weight is 299 g/mol. The Morgan fingerprint density at radius 1 is 0.773 bits per heavy atom. The zero-order valence-electron chi connectivity index (χ0n) is 13.6. The summed E-state index contributed by atoms with van der Waals surface area (Å²) in [5, 5.41) is 3.59. The highest BCUT2D eigenvalue weighted by atomic mass is 16.0. The lowest BCUT2D eigenvalue weighted by Gasteiger charge is -2.18. The fourth-order valence-corrected chi connectivity index (χ4v) is 2.77. The third kappa shape index (κ3) is 6.00. The minimum Gasteiger partial charge on any atom is -0.412 e. The Hall–Kier alpha value is -1.64. The van der Waals surface area contributed by atoms with Gasteiger partial charge in [-0.05, 0) is 37.1 Å². The molecule has 0 aliphatic rings. The second kappa shape index (κ2) is 11.0. The minimum absolute atomic E-state index is 0. The van der Waals surface area contributed by atoms with E-state index in [9.17, 15) is 0 Å². The van der Waals surface area contributed by atoms with Gasteiger partial charge in [0.1, 0.15) is 0 Å². The highest BCUT2D eigenvalue weighted by Crippen LogP contribution is 2.27. The first-order chi connectivity index (χ1) is 10.4. The van der Waals surface area contributed by atoms with Gasteiger partial charge in [-0.2, -0.15) is 0 Å². The van der Waals surface area contributed by atoms with E-state index >= 15 is 0 Å². The van der Waals surface area contributed by atoms with Gasteiger partial charge in [0.05, 0.1) is 0 Å². The molecule has 0 aliphatic carbocycles. The molecular formula is C20H29NO. The molecule has 120 valence electrons. The zero-order chi connectivity index (χ0) is 14.8. The summed E-state index contributed by atoms with van der Waals surface area (Å²) in [4.78, 5) is 0. The van der Waals surface area contributed by atoms with E-state index in [1.165, 1.54) is 30.4 Å². The molecule has 2 aromatic rings. The molecule has 0 unspecified atom stereocenters. The van der Waals surface area contributed by atoms with Crippen LogP contribution in [0.3, 0.4) is 0 Å². The van der Waals surface area contributed by atoms with Crippen LogP contribution >= 0.6 is 0 Å². The van der Waals surface area contributed by atoms with Crippen LogP contribution in [0.4, 0.5) is 0 Å². The molecule has 3 N–H and O–H groups in total. The van der Waals surface area contributed by atoms with E-state index < -0.39 is 0 Å². The standard InChI is InChI=1S/C20H27N.H2O/c1-2-3-10-16-21-17-15-20(18-11-6-4-7-12-18)19-13-8-5-9-14-19;/h4-9,11-14,20-21H,2-3,10,15-17H2,1H3;1H2. The van der Waals surface area contributed by atoms with Gasteiger partial charge in [-0.3, -0.25) is 0 Å². The Morgan fingerprint density at radius 3 is 1.82 bits per heavy atom. The van der Waals surface area contributed by atoms with Crippen LogP contribution in [0.2, 0.25) is 0 Å². The Balaban J connectivity index is 0.00000242. The molecule has 0 atom stereocenters. The van der Waals surface area contributed by atoms with Gasteiger partial charge in [0.2, 0.25) is 0 Å². The average Bonchev–Trinajstić information content (AvgIpc) is 2.56. The van der Waals surface area contributed by atoms with Crippen molar-refractivity contribution >= 4 is 0 Å². The highest BCUT2D eigenvalue weighted by Gasteiger charge is 2.12. The number of nitrogens with one attached hydrogen (secondary N) is 1. The van der Waals surface area contributed by atoms with Crippen LogP contribution in [0.5, 0.6) is 0 Å². The lowest BCUT2D eigenvalue weighted by Crippen LogP contribution is -2.19. The van der Waals surface area contributed by atoms with E-state index in [1.807, 2.05) is 0 Å². The molecule has 0 fully saturated rings. The maximum atomic E-state index is 3.59. The van der Waals surface area contributed by atoms with Gasteiger partial charge in [-0.25, -0.2) is 0 Å². The normalized spacial score (nSPS) is 10.5. The first kappa shape index (κ1) is 18.4. The number of benzene rings is 2. The first-order valence-electron chi connectivity index (χ1n) is 8.22. The van der Waals surface area contributed by atoms with Crippen molar-refractivity contribution in [3.05, 3.63) is 71.8 Å². The zero-order valence-corrected chi connectivity index (χ0v) is 13.6. The summed E-state index contributed by atoms with van der Waals surface area (Å²) in [5.41, 5.74) is 2.83. The van der Waals surface area contributed by atoms with Crippen LogP contribution in [-0.2, 0) is 0 Å². The third-order valence-corrected chi connectivity index (χ3v) is 3.97. The van der Waals surface area contributed by atoms with Crippen LogP contribution in [0.15, 0.2) is 60.7 Å². The topological polar surface area (TPSA) is 43.5 Å². The largest absolute Gasteiger partial charge is 0.412 e. The Labute approximate surface area is 134 Å². The van der Waals surface area contributed by atoms with E-state index in [-0.39, 0.29) is 5.48 Å². The van der Waals surface area contributed by atoms with E-state index in [0.717, 1.165) is 19.5 Å². The summed E-state index contributed by atoms with van der Waals surface area (Å²) in [6.45, 7) is 4.48. The maximum absolute atomic E-state index is 3.59. The van der Waals surface area contributed by atoms with Crippen LogP contribution in [0, 0.1) is 0 Å². The van der Waals surface area contributed by atoms with Gasteiger partial charge >= 0.3 is 0 Å². The van der Waals surface area contributed by atoms with Crippen molar-refractivity contribution in [1.82, 2.24) is 5.32 Å². The molecular weight excluding hydrogens is 270 g/mol. The summed E-state index contributed by atoms with van der Waals surface area (Å²) < 4.78 is 0. The molecule has 0 aliphatic heterocycles. The molecule has 2 heteroatoms. The van der Waals surface area contributed by atoms with Crippen LogP contribution in [0.1, 0.15) is 49.7 Å². The lowest BCUT2D eigenvalue weighted by atomic mass is 9.88. The van der Waals surface area contributed by atoms with Gasteiger partial charge in [0.15, 0.2) is 0 Å². The van der Waals surface area contributed by atoms with Gasteiger partial charge in [0, 0.05) is 5.92 Å². The molecule has 0 spiro atoms. The van der Waals surface area contributed by atoms with Crippen LogP contribution in [-0.4, -0.2) is 18.6 Å². The van der Waals surface area contributed by atoms with E-state index in [4.69, 9.17) is 0 Å². The van der Waals surface area contributed by atoms with Gasteiger partial charge in [0.25, 0.3) is 0 Å². The van der Waals surface area contributed by atoms with Gasteiger partial charge in [-0.15, -0.1) is 0 Å². The van der Waals surface area contributed by atoms with E-state index in [2.05, 4.69) is 72.9 Å². The van der Waals surface area contributed by atoms with Crippen molar-refractivity contribution in [3.8, 4) is 0 Å². The number of rotatable bonds is 9. The monoisotopic (exact) mass is 299 g/mol. The highest BCUT2D eigenvalue weighted by molar-refractivity contribution is 5.32. The Kier molecular flexibility index (Phi) is 9.20. The van der Waals surface area contributed by atoms with Crippen molar-refractivity contribution < 1.29 is 5.48 Å². The van der Waals surface area contributed by atoms with Crippen molar-refractivity contribution in [2.75, 3.05) is 13.1 Å². The minimum atomic E-state index is 0. The summed E-state index contributed by atoms with van der Waals surface area (Å²) in [6, 6.07) is 21.7. The Morgan fingerprint density at radius 2 is 1.32 bits per heavy atom. The molecule has 22 heavy (non-hydrogen) atoms. The third-order valence-electron chi connectivity index (χ3n) is 3.97. The smallest absolute Gasteiger partial charge is 0.0101 e. The first-order valence-corrected chi connectivity index (χ1v) is 8.22. The van der Waals surface area contributed by atoms with Gasteiger partial charge < -0.3 is 10.8 Å². The van der Waals surface area contributed by atoms with Crippen LogP contribution < -0.4 is 5.32 Å². The molecule has 0 amide bonds. The second-order valence-corrected chi connectivity index (χ2v) is 5.62. The fraction of sp³-hybridized carbons (Fsp3) is 0.400. The van der Waals surface area contributed by atoms with Crippen molar-refractivity contribution in [2.45, 2.75) is 38.5 Å². The summed E-state index contributed by atoms with van der Waals surface area (Å²) in [7, 11) is 0. The van der Waals surface area contributed by atoms with Crippen LogP contribution in [0.25, 0.3) is 0 Å². The molecule has 0 radical (unpaired) electrons. The summed E-state index contributed by atoms with van der Waals surface area (Å²) >= 11 is 0. The molecule has 0 saturated carbocycles. The quantitative estimate of drug-likeness (QED) is 0.694. The number of hydrogen-bond acceptors (Lipinski definition) is 1. The molecule has 2 nitrogen and oxygen atoms in total. The van der Waals surface area contributed by atoms with Crippen molar-refractivity contribution in [3.63, 3.8) is 0 Å². The molecule has 2 rings (SSSR count). The van der Waals surface area contributed by atoms with E-state index in [0.29, 0.717) is 5.92 Å². The number of unbranched alkanes of at least 4 members (excludes halogenated alkanes) is 2. The molecule has 0 heterocycles. The van der Waals surface area contributed by atoms with Gasteiger partial charge in [-0.1, -0.05) is 80.4 Å². The summed E-state index contributed by atoms with van der Waals surface area (Å²) in [6.07, 6.45) is 5.06. The second-order valence-electron chi connectivity index (χ2n) is 5.62. The number of hydrogen-bond donors (Lipinski definition) is 1. The maximum Gasteiger partial charge on any atom is 0.0101 e.